The van der Waals surface area contributed by atoms with Gasteiger partial charge in [0.25, 0.3) is 0 Å². The molecular weight excluding hydrogens is 270 g/mol. The summed E-state index contributed by atoms with van der Waals surface area (Å²) in [5.41, 5.74) is 7.99. The van der Waals surface area contributed by atoms with Crippen molar-refractivity contribution in [3.63, 3.8) is 0 Å². The van der Waals surface area contributed by atoms with Crippen molar-refractivity contribution in [1.82, 2.24) is 0 Å². The summed E-state index contributed by atoms with van der Waals surface area (Å²) in [6.45, 7) is 0.598. The summed E-state index contributed by atoms with van der Waals surface area (Å²) in [6.07, 6.45) is 0. The van der Waals surface area contributed by atoms with E-state index in [-0.39, 0.29) is 0 Å². The van der Waals surface area contributed by atoms with Crippen molar-refractivity contribution in [1.29, 1.82) is 0 Å². The Kier molecular flexibility index (Phi) is 3.55. The fourth-order valence-electron chi connectivity index (χ4n) is 0.944. The van der Waals surface area contributed by atoms with E-state index in [1.807, 2.05) is 18.2 Å². The van der Waals surface area contributed by atoms with Gasteiger partial charge in [-0.1, -0.05) is 44.0 Å². The van der Waals surface area contributed by atoms with E-state index in [1.165, 1.54) is 11.1 Å². The van der Waals surface area contributed by atoms with Gasteiger partial charge in [0.15, 0.2) is 0 Å². The van der Waals surface area contributed by atoms with Crippen LogP contribution in [0.1, 0.15) is 11.1 Å². The van der Waals surface area contributed by atoms with Gasteiger partial charge in [0.05, 0.1) is 0 Å². The van der Waals surface area contributed by atoms with Gasteiger partial charge in [-0.25, -0.2) is 0 Å². The summed E-state index contributed by atoms with van der Waals surface area (Å²) in [6, 6.07) is 6.07. The second-order valence-electron chi connectivity index (χ2n) is 2.22. The zero-order valence-corrected chi connectivity index (χ0v) is 9.15. The van der Waals surface area contributed by atoms with Crippen LogP contribution in [-0.4, -0.2) is 0 Å². The molecule has 3 heteroatoms. The highest BCUT2D eigenvalue weighted by Crippen LogP contribution is 2.22. The Hall–Kier alpha value is 0.140. The van der Waals surface area contributed by atoms with Crippen LogP contribution in [-0.2, 0) is 11.9 Å². The second-order valence-corrected chi connectivity index (χ2v) is 3.63. The van der Waals surface area contributed by atoms with E-state index < -0.39 is 0 Å². The summed E-state index contributed by atoms with van der Waals surface area (Å²) < 4.78 is 1.12. The predicted molar refractivity (Wildman–Crippen MR) is 54.7 cm³/mol. The molecule has 2 N–H and O–H groups in total. The largest absolute Gasteiger partial charge is 0.326 e. The van der Waals surface area contributed by atoms with E-state index in [0.29, 0.717) is 6.54 Å². The first kappa shape index (κ1) is 9.23. The van der Waals surface area contributed by atoms with Crippen molar-refractivity contribution in [3.05, 3.63) is 33.8 Å². The van der Waals surface area contributed by atoms with Crippen LogP contribution in [0.4, 0.5) is 0 Å². The molecule has 0 saturated heterocycles. The molecule has 1 aromatic rings. The maximum Gasteiger partial charge on any atom is 0.0297 e. The monoisotopic (exact) mass is 277 g/mol. The van der Waals surface area contributed by atoms with Crippen LogP contribution < -0.4 is 5.73 Å². The van der Waals surface area contributed by atoms with Crippen molar-refractivity contribution in [2.24, 2.45) is 5.73 Å². The fourth-order valence-corrected chi connectivity index (χ4v) is 2.53. The minimum Gasteiger partial charge on any atom is -0.326 e. The van der Waals surface area contributed by atoms with E-state index in [1.54, 1.807) is 0 Å². The van der Waals surface area contributed by atoms with Gasteiger partial charge >= 0.3 is 0 Å². The van der Waals surface area contributed by atoms with E-state index >= 15 is 0 Å². The zero-order valence-electron chi connectivity index (χ0n) is 5.98. The maximum absolute atomic E-state index is 5.55. The highest BCUT2D eigenvalue weighted by atomic mass is 79.9. The fraction of sp³-hybridized carbons (Fsp3) is 0.250. The SMILES string of the molecule is NCc1cccc(Br)c1CBr. The standard InChI is InChI=1S/C8H9Br2N/c9-4-7-6(5-11)2-1-3-8(7)10/h1-3H,4-5,11H2. The van der Waals surface area contributed by atoms with Crippen molar-refractivity contribution in [2.45, 2.75) is 11.9 Å². The first-order valence-electron chi connectivity index (χ1n) is 3.32. The molecule has 0 aliphatic heterocycles. The number of nitrogens with two attached hydrogens (primary N) is 1. The van der Waals surface area contributed by atoms with Gasteiger partial charge in [0.2, 0.25) is 0 Å². The number of hydrogen-bond acceptors (Lipinski definition) is 1. The zero-order chi connectivity index (χ0) is 8.27. The Balaban J connectivity index is 3.13. The molecule has 1 rings (SSSR count). The van der Waals surface area contributed by atoms with E-state index in [4.69, 9.17) is 5.73 Å². The quantitative estimate of drug-likeness (QED) is 0.828. The molecule has 0 spiro atoms. The highest BCUT2D eigenvalue weighted by Gasteiger charge is 2.02. The summed E-state index contributed by atoms with van der Waals surface area (Å²) in [4.78, 5) is 0. The van der Waals surface area contributed by atoms with Crippen LogP contribution in [0, 0.1) is 0 Å². The average Bonchev–Trinajstić information content (AvgIpc) is 2.04. The summed E-state index contributed by atoms with van der Waals surface area (Å²) in [7, 11) is 0. The number of benzene rings is 1. The van der Waals surface area contributed by atoms with E-state index in [0.717, 1.165) is 9.80 Å². The molecule has 0 aliphatic rings. The molecule has 0 radical (unpaired) electrons. The molecule has 60 valence electrons. The summed E-state index contributed by atoms with van der Waals surface area (Å²) in [5.74, 6) is 0. The summed E-state index contributed by atoms with van der Waals surface area (Å²) in [5, 5.41) is 0.848. The van der Waals surface area contributed by atoms with Crippen LogP contribution in [0.15, 0.2) is 22.7 Å². The second kappa shape index (κ2) is 4.24. The number of hydrogen-bond donors (Lipinski definition) is 1. The van der Waals surface area contributed by atoms with E-state index in [2.05, 4.69) is 31.9 Å². The smallest absolute Gasteiger partial charge is 0.0297 e. The molecule has 0 atom stereocenters. The van der Waals surface area contributed by atoms with Gasteiger partial charge < -0.3 is 5.73 Å². The molecule has 0 amide bonds. The highest BCUT2D eigenvalue weighted by molar-refractivity contribution is 9.10. The Morgan fingerprint density at radius 2 is 2.09 bits per heavy atom. The van der Waals surface area contributed by atoms with Crippen LogP contribution >= 0.6 is 31.9 Å². The minimum absolute atomic E-state index is 0.598. The van der Waals surface area contributed by atoms with E-state index in [9.17, 15) is 0 Å². The number of halogens is 2. The lowest BCUT2D eigenvalue weighted by molar-refractivity contribution is 1.04. The Morgan fingerprint density at radius 3 is 2.55 bits per heavy atom. The molecule has 11 heavy (non-hydrogen) atoms. The topological polar surface area (TPSA) is 26.0 Å². The van der Waals surface area contributed by atoms with Gasteiger partial charge in [0, 0.05) is 16.3 Å². The number of rotatable bonds is 2. The molecule has 0 unspecified atom stereocenters. The van der Waals surface area contributed by atoms with Gasteiger partial charge in [-0.3, -0.25) is 0 Å². The lowest BCUT2D eigenvalue weighted by Crippen LogP contribution is -2.00. The third-order valence-electron chi connectivity index (χ3n) is 1.57. The molecule has 0 fully saturated rings. The Labute approximate surface area is 83.2 Å². The third kappa shape index (κ3) is 2.04. The average molecular weight is 279 g/mol. The maximum atomic E-state index is 5.55. The molecule has 1 nitrogen and oxygen atoms in total. The number of alkyl halides is 1. The van der Waals surface area contributed by atoms with Crippen LogP contribution in [0.5, 0.6) is 0 Å². The lowest BCUT2D eigenvalue weighted by Gasteiger charge is -2.05. The Bertz CT molecular complexity index is 248. The minimum atomic E-state index is 0.598. The van der Waals surface area contributed by atoms with Gasteiger partial charge in [-0.15, -0.1) is 0 Å². The third-order valence-corrected chi connectivity index (χ3v) is 2.87. The van der Waals surface area contributed by atoms with Crippen molar-refractivity contribution in [2.75, 3.05) is 0 Å². The molecule has 0 saturated carbocycles. The first-order chi connectivity index (χ1) is 5.29. The van der Waals surface area contributed by atoms with Crippen LogP contribution in [0.25, 0.3) is 0 Å². The first-order valence-corrected chi connectivity index (χ1v) is 5.23. The van der Waals surface area contributed by atoms with Crippen LogP contribution in [0.2, 0.25) is 0 Å². The lowest BCUT2D eigenvalue weighted by atomic mass is 10.1. The van der Waals surface area contributed by atoms with Crippen molar-refractivity contribution >= 4 is 31.9 Å². The molecular formula is C8H9Br2N. The summed E-state index contributed by atoms with van der Waals surface area (Å²) >= 11 is 6.88. The molecule has 0 aromatic heterocycles. The van der Waals surface area contributed by atoms with Crippen molar-refractivity contribution < 1.29 is 0 Å². The van der Waals surface area contributed by atoms with Gasteiger partial charge in [-0.2, -0.15) is 0 Å². The van der Waals surface area contributed by atoms with Crippen LogP contribution in [0.3, 0.4) is 0 Å². The van der Waals surface area contributed by atoms with Gasteiger partial charge in [0.1, 0.15) is 0 Å². The molecule has 0 bridgehead atoms. The normalized spacial score (nSPS) is 10.1. The van der Waals surface area contributed by atoms with Gasteiger partial charge in [-0.05, 0) is 17.2 Å². The predicted octanol–water partition coefficient (Wildman–Crippen LogP) is 2.80. The molecule has 1 aromatic carbocycles. The van der Waals surface area contributed by atoms with Crippen molar-refractivity contribution in [3.8, 4) is 0 Å². The molecule has 0 aliphatic carbocycles. The molecule has 0 heterocycles. The Morgan fingerprint density at radius 1 is 1.36 bits per heavy atom.